The van der Waals surface area contributed by atoms with Gasteiger partial charge in [-0.3, -0.25) is 9.78 Å². The summed E-state index contributed by atoms with van der Waals surface area (Å²) < 4.78 is 5.18. The first-order valence-electron chi connectivity index (χ1n) is 6.26. The second-order valence-electron chi connectivity index (χ2n) is 4.43. The number of aryl methyl sites for hydroxylation is 1. The van der Waals surface area contributed by atoms with Crippen LogP contribution in [0.25, 0.3) is 11.0 Å². The van der Waals surface area contributed by atoms with Crippen LogP contribution in [0.2, 0.25) is 0 Å². The Morgan fingerprint density at radius 2 is 2.05 bits per heavy atom. The molecule has 0 unspecified atom stereocenters. The molecule has 0 aliphatic rings. The molecule has 104 valence electrons. The largest absolute Gasteiger partial charge is 0.422 e. The van der Waals surface area contributed by atoms with E-state index >= 15 is 0 Å². The second kappa shape index (κ2) is 5.16. The van der Waals surface area contributed by atoms with Gasteiger partial charge in [-0.2, -0.15) is 0 Å². The molecule has 0 aliphatic carbocycles. The highest BCUT2D eigenvalue weighted by atomic mass is 16.4. The molecular weight excluding hydrogens is 270 g/mol. The Balaban J connectivity index is 2.08. The van der Waals surface area contributed by atoms with Crippen LogP contribution >= 0.6 is 0 Å². The maximum atomic E-state index is 12.3. The highest BCUT2D eigenvalue weighted by molar-refractivity contribution is 6.06. The number of amides is 1. The number of fused-ring (bicyclic) bond motifs is 1. The Hall–Kier alpha value is -3.02. The van der Waals surface area contributed by atoms with Crippen molar-refractivity contribution in [3.05, 3.63) is 64.4 Å². The highest BCUT2D eigenvalue weighted by Crippen LogP contribution is 2.19. The van der Waals surface area contributed by atoms with Crippen molar-refractivity contribution in [2.24, 2.45) is 0 Å². The van der Waals surface area contributed by atoms with E-state index in [9.17, 15) is 9.59 Å². The van der Waals surface area contributed by atoms with Gasteiger partial charge in [-0.15, -0.1) is 0 Å². The monoisotopic (exact) mass is 281 g/mol. The van der Waals surface area contributed by atoms with E-state index in [0.717, 1.165) is 5.39 Å². The Morgan fingerprint density at radius 3 is 2.81 bits per heavy atom. The van der Waals surface area contributed by atoms with Crippen LogP contribution in [0.1, 0.15) is 15.9 Å². The molecule has 1 N–H and O–H groups in total. The molecule has 3 rings (SSSR count). The van der Waals surface area contributed by atoms with Gasteiger partial charge in [-0.25, -0.2) is 9.78 Å². The van der Waals surface area contributed by atoms with Gasteiger partial charge in [0.15, 0.2) is 5.82 Å². The van der Waals surface area contributed by atoms with Crippen molar-refractivity contribution in [3.8, 4) is 0 Å². The summed E-state index contributed by atoms with van der Waals surface area (Å²) >= 11 is 0. The van der Waals surface area contributed by atoms with E-state index in [1.165, 1.54) is 18.6 Å². The number of anilines is 1. The van der Waals surface area contributed by atoms with Gasteiger partial charge in [0.05, 0.1) is 6.20 Å². The van der Waals surface area contributed by atoms with Crippen LogP contribution in [0.3, 0.4) is 0 Å². The topological polar surface area (TPSA) is 85.1 Å². The van der Waals surface area contributed by atoms with Crippen LogP contribution < -0.4 is 10.9 Å². The highest BCUT2D eigenvalue weighted by Gasteiger charge is 2.18. The average molecular weight is 281 g/mol. The van der Waals surface area contributed by atoms with E-state index in [4.69, 9.17) is 4.42 Å². The van der Waals surface area contributed by atoms with Crippen molar-refractivity contribution in [2.45, 2.75) is 6.92 Å². The molecule has 6 heteroatoms. The number of para-hydroxylation sites is 1. The first-order chi connectivity index (χ1) is 10.2. The lowest BCUT2D eigenvalue weighted by molar-refractivity contribution is 0.102. The molecule has 2 aromatic heterocycles. The molecule has 6 nitrogen and oxygen atoms in total. The lowest BCUT2D eigenvalue weighted by Gasteiger charge is -2.07. The molecule has 0 saturated carbocycles. The number of aromatic nitrogens is 2. The Morgan fingerprint density at radius 1 is 1.24 bits per heavy atom. The molecule has 1 amide bonds. The summed E-state index contributed by atoms with van der Waals surface area (Å²) in [4.78, 5) is 32.1. The third-order valence-corrected chi connectivity index (χ3v) is 3.10. The molecule has 0 aliphatic heterocycles. The van der Waals surface area contributed by atoms with Crippen LogP contribution in [-0.2, 0) is 0 Å². The van der Waals surface area contributed by atoms with E-state index in [1.54, 1.807) is 25.1 Å². The smallest absolute Gasteiger partial charge is 0.349 e. The van der Waals surface area contributed by atoms with Crippen LogP contribution in [0, 0.1) is 6.92 Å². The van der Waals surface area contributed by atoms with E-state index in [2.05, 4.69) is 15.3 Å². The minimum absolute atomic E-state index is 0.0284. The third-order valence-electron chi connectivity index (χ3n) is 3.10. The quantitative estimate of drug-likeness (QED) is 0.727. The molecular formula is C15H11N3O3. The number of hydrogen-bond donors (Lipinski definition) is 1. The summed E-state index contributed by atoms with van der Waals surface area (Å²) in [6.45, 7) is 1.71. The molecule has 0 spiro atoms. The van der Waals surface area contributed by atoms with Crippen molar-refractivity contribution in [1.29, 1.82) is 0 Å². The standard InChI is InChI=1S/C15H11N3O3/c1-9-10-4-2-3-5-11(10)21-15(20)13(9)14(19)18-12-8-16-6-7-17-12/h2-8H,1H3,(H,17,18,19). The molecule has 0 fully saturated rings. The van der Waals surface area contributed by atoms with E-state index in [0.29, 0.717) is 11.1 Å². The number of carbonyl (C=O) groups is 1. The zero-order valence-corrected chi connectivity index (χ0v) is 11.2. The molecule has 1 aromatic carbocycles. The van der Waals surface area contributed by atoms with Crippen molar-refractivity contribution in [2.75, 3.05) is 5.32 Å². The summed E-state index contributed by atoms with van der Waals surface area (Å²) in [5.74, 6) is -0.290. The van der Waals surface area contributed by atoms with Crippen molar-refractivity contribution >= 4 is 22.7 Å². The first-order valence-corrected chi connectivity index (χ1v) is 6.26. The van der Waals surface area contributed by atoms with Gasteiger partial charge in [0.2, 0.25) is 0 Å². The van der Waals surface area contributed by atoms with Gasteiger partial charge < -0.3 is 9.73 Å². The third kappa shape index (κ3) is 2.38. The van der Waals surface area contributed by atoms with E-state index in [1.807, 2.05) is 6.07 Å². The van der Waals surface area contributed by atoms with Crippen LogP contribution in [0.15, 0.2) is 52.1 Å². The fourth-order valence-electron chi connectivity index (χ4n) is 2.11. The summed E-state index contributed by atoms with van der Waals surface area (Å²) in [5.41, 5.74) is 0.325. The van der Waals surface area contributed by atoms with Gasteiger partial charge in [-0.05, 0) is 18.6 Å². The van der Waals surface area contributed by atoms with Crippen LogP contribution in [0.5, 0.6) is 0 Å². The van der Waals surface area contributed by atoms with Crippen molar-refractivity contribution in [3.63, 3.8) is 0 Å². The molecule has 21 heavy (non-hydrogen) atoms. The van der Waals surface area contributed by atoms with Crippen LogP contribution in [0.4, 0.5) is 5.82 Å². The lowest BCUT2D eigenvalue weighted by Crippen LogP contribution is -2.23. The maximum Gasteiger partial charge on any atom is 0.349 e. The molecule has 0 bridgehead atoms. The van der Waals surface area contributed by atoms with Gasteiger partial charge in [0.25, 0.3) is 5.91 Å². The summed E-state index contributed by atoms with van der Waals surface area (Å²) in [7, 11) is 0. The number of nitrogens with one attached hydrogen (secondary N) is 1. The first kappa shape index (κ1) is 13.0. The van der Waals surface area contributed by atoms with E-state index < -0.39 is 11.5 Å². The number of benzene rings is 1. The average Bonchev–Trinajstić information content (AvgIpc) is 2.48. The second-order valence-corrected chi connectivity index (χ2v) is 4.43. The van der Waals surface area contributed by atoms with E-state index in [-0.39, 0.29) is 11.4 Å². The predicted octanol–water partition coefficient (Wildman–Crippen LogP) is 2.14. The van der Waals surface area contributed by atoms with Gasteiger partial charge >= 0.3 is 5.63 Å². The fraction of sp³-hybridized carbons (Fsp3) is 0.0667. The van der Waals surface area contributed by atoms with Gasteiger partial charge in [0, 0.05) is 17.8 Å². The maximum absolute atomic E-state index is 12.3. The molecule has 0 radical (unpaired) electrons. The Kier molecular flexibility index (Phi) is 3.19. The minimum atomic E-state index is -0.674. The molecule has 0 saturated heterocycles. The molecule has 3 aromatic rings. The Labute approximate surface area is 119 Å². The van der Waals surface area contributed by atoms with Gasteiger partial charge in [-0.1, -0.05) is 18.2 Å². The van der Waals surface area contributed by atoms with Crippen LogP contribution in [-0.4, -0.2) is 15.9 Å². The number of carbonyl (C=O) groups excluding carboxylic acids is 1. The van der Waals surface area contributed by atoms with Crippen molar-refractivity contribution < 1.29 is 9.21 Å². The SMILES string of the molecule is Cc1c(C(=O)Nc2cnccn2)c(=O)oc2ccccc12. The number of hydrogen-bond acceptors (Lipinski definition) is 5. The number of rotatable bonds is 2. The van der Waals surface area contributed by atoms with Gasteiger partial charge in [0.1, 0.15) is 11.1 Å². The summed E-state index contributed by atoms with van der Waals surface area (Å²) in [6.07, 6.45) is 4.34. The summed E-state index contributed by atoms with van der Waals surface area (Å²) in [5, 5.41) is 3.26. The Bertz CT molecular complexity index is 872. The zero-order chi connectivity index (χ0) is 14.8. The molecule has 0 atom stereocenters. The predicted molar refractivity (Wildman–Crippen MR) is 77.2 cm³/mol. The normalized spacial score (nSPS) is 10.5. The summed E-state index contributed by atoms with van der Waals surface area (Å²) in [6, 6.07) is 7.07. The zero-order valence-electron chi connectivity index (χ0n) is 11.2. The molecule has 2 heterocycles. The van der Waals surface area contributed by atoms with Crippen molar-refractivity contribution in [1.82, 2.24) is 9.97 Å². The minimum Gasteiger partial charge on any atom is -0.422 e. The lowest BCUT2D eigenvalue weighted by atomic mass is 10.1. The fourth-order valence-corrected chi connectivity index (χ4v) is 2.11. The number of nitrogens with zero attached hydrogens (tertiary/aromatic N) is 2.